The van der Waals surface area contributed by atoms with E-state index in [1.54, 1.807) is 35.2 Å². The Labute approximate surface area is 167 Å². The molecule has 2 aromatic carbocycles. The summed E-state index contributed by atoms with van der Waals surface area (Å²) in [6, 6.07) is 15.3. The van der Waals surface area contributed by atoms with E-state index in [1.165, 1.54) is 23.5 Å². The molecule has 0 N–H and O–H groups in total. The molecule has 0 saturated carbocycles. The minimum atomic E-state index is -4.47. The van der Waals surface area contributed by atoms with Crippen LogP contribution in [0.5, 0.6) is 0 Å². The van der Waals surface area contributed by atoms with Crippen molar-refractivity contribution in [3.05, 3.63) is 81.0 Å². The predicted octanol–water partition coefficient (Wildman–Crippen LogP) is 6.09. The maximum Gasteiger partial charge on any atom is 0.416 e. The monoisotopic (exact) mass is 420 g/mol. The normalized spacial score (nSPS) is 15.4. The topological polar surface area (TPSA) is 32.7 Å². The highest BCUT2D eigenvalue weighted by Gasteiger charge is 2.34. The molecule has 0 bridgehead atoms. The second-order valence-electron chi connectivity index (χ2n) is 6.12. The molecule has 0 fully saturated rings. The first kappa shape index (κ1) is 18.7. The number of halogens is 4. The van der Waals surface area contributed by atoms with Crippen LogP contribution in [0.15, 0.2) is 65.7 Å². The number of rotatable bonds is 3. The molecule has 1 aliphatic heterocycles. The van der Waals surface area contributed by atoms with Crippen molar-refractivity contribution in [3.63, 3.8) is 0 Å². The van der Waals surface area contributed by atoms with Gasteiger partial charge in [0, 0.05) is 10.4 Å². The van der Waals surface area contributed by atoms with Gasteiger partial charge in [0.1, 0.15) is 5.71 Å². The molecule has 0 unspecified atom stereocenters. The van der Waals surface area contributed by atoms with E-state index in [9.17, 15) is 18.0 Å². The zero-order valence-corrected chi connectivity index (χ0v) is 15.8. The lowest BCUT2D eigenvalue weighted by Crippen LogP contribution is -2.29. The second kappa shape index (κ2) is 7.07. The maximum atomic E-state index is 13.0. The number of aliphatic imine (C=N–C) groups is 1. The number of para-hydroxylation sites is 1. The standard InChI is InChI=1S/C20H12ClF3N2OS/c21-17-9-8-14(28-17)11-26-16-7-2-1-6-15(16)18(19(26)27)25-13-5-3-4-12(10-13)20(22,23)24/h1-10H,11H2. The molecule has 0 saturated heterocycles. The van der Waals surface area contributed by atoms with Gasteiger partial charge in [0.05, 0.1) is 27.8 Å². The van der Waals surface area contributed by atoms with E-state index in [1.807, 2.05) is 6.07 Å². The molecule has 3 aromatic rings. The number of nitrogens with zero attached hydrogens (tertiary/aromatic N) is 2. The van der Waals surface area contributed by atoms with Gasteiger partial charge in [-0.1, -0.05) is 35.9 Å². The van der Waals surface area contributed by atoms with E-state index in [4.69, 9.17) is 11.6 Å². The van der Waals surface area contributed by atoms with Gasteiger partial charge in [0.2, 0.25) is 0 Å². The molecule has 3 nitrogen and oxygen atoms in total. The third kappa shape index (κ3) is 3.55. The highest BCUT2D eigenvalue weighted by molar-refractivity contribution is 7.16. The molecule has 0 radical (unpaired) electrons. The summed E-state index contributed by atoms with van der Waals surface area (Å²) in [7, 11) is 0. The lowest BCUT2D eigenvalue weighted by atomic mass is 10.1. The lowest BCUT2D eigenvalue weighted by molar-refractivity contribution is -0.137. The van der Waals surface area contributed by atoms with Gasteiger partial charge in [0.25, 0.3) is 5.91 Å². The van der Waals surface area contributed by atoms with E-state index >= 15 is 0 Å². The van der Waals surface area contributed by atoms with Crippen LogP contribution in [0, 0.1) is 0 Å². The van der Waals surface area contributed by atoms with Crippen molar-refractivity contribution < 1.29 is 18.0 Å². The van der Waals surface area contributed by atoms with E-state index in [-0.39, 0.29) is 17.3 Å². The molecule has 0 spiro atoms. The second-order valence-corrected chi connectivity index (χ2v) is 7.92. The highest BCUT2D eigenvalue weighted by Crippen LogP contribution is 2.35. The Balaban J connectivity index is 1.74. The SMILES string of the molecule is O=C1C(=Nc2cccc(C(F)(F)F)c2)c2ccccc2N1Cc1ccc(Cl)s1. The molecule has 1 amide bonds. The Morgan fingerprint density at radius 1 is 1.04 bits per heavy atom. The van der Waals surface area contributed by atoms with Crippen LogP contribution < -0.4 is 4.90 Å². The van der Waals surface area contributed by atoms with Crippen LogP contribution in [0.4, 0.5) is 24.5 Å². The minimum absolute atomic E-state index is 0.0778. The van der Waals surface area contributed by atoms with Crippen molar-refractivity contribution in [3.8, 4) is 0 Å². The number of benzene rings is 2. The number of fused-ring (bicyclic) bond motifs is 1. The number of alkyl halides is 3. The Hall–Kier alpha value is -2.64. The Morgan fingerprint density at radius 3 is 2.54 bits per heavy atom. The van der Waals surface area contributed by atoms with Gasteiger partial charge in [-0.15, -0.1) is 11.3 Å². The molecule has 4 rings (SSSR count). The number of amides is 1. The molecular formula is C20H12ClF3N2OS. The summed E-state index contributed by atoms with van der Waals surface area (Å²) in [4.78, 5) is 19.7. The zero-order valence-electron chi connectivity index (χ0n) is 14.2. The summed E-state index contributed by atoms with van der Waals surface area (Å²) in [6.45, 7) is 0.314. The Bertz CT molecular complexity index is 1090. The molecule has 0 aliphatic carbocycles. The summed E-state index contributed by atoms with van der Waals surface area (Å²) in [5.74, 6) is -0.358. The predicted molar refractivity (Wildman–Crippen MR) is 105 cm³/mol. The quantitative estimate of drug-likeness (QED) is 0.504. The fourth-order valence-corrected chi connectivity index (χ4v) is 4.08. The summed E-state index contributed by atoms with van der Waals surface area (Å²) < 4.78 is 39.5. The first-order valence-corrected chi connectivity index (χ1v) is 9.44. The van der Waals surface area contributed by atoms with Crippen LogP contribution in [0.25, 0.3) is 0 Å². The highest BCUT2D eigenvalue weighted by atomic mass is 35.5. The van der Waals surface area contributed by atoms with Crippen molar-refractivity contribution in [2.24, 2.45) is 4.99 Å². The van der Waals surface area contributed by atoms with Crippen molar-refractivity contribution in [1.29, 1.82) is 0 Å². The fourth-order valence-electron chi connectivity index (χ4n) is 3.00. The summed E-state index contributed by atoms with van der Waals surface area (Å²) in [5, 5.41) is 0. The molecule has 28 heavy (non-hydrogen) atoms. The number of thiophene rings is 1. The van der Waals surface area contributed by atoms with Crippen molar-refractivity contribution in [2.75, 3.05) is 4.90 Å². The van der Waals surface area contributed by atoms with Gasteiger partial charge in [-0.05, 0) is 36.4 Å². The Morgan fingerprint density at radius 2 is 1.82 bits per heavy atom. The molecule has 1 aromatic heterocycles. The number of carbonyl (C=O) groups is 1. The van der Waals surface area contributed by atoms with E-state index in [2.05, 4.69) is 4.99 Å². The van der Waals surface area contributed by atoms with Crippen molar-refractivity contribution >= 4 is 45.9 Å². The Kier molecular flexibility index (Phi) is 4.72. The first-order chi connectivity index (χ1) is 13.3. The van der Waals surface area contributed by atoms with Crippen molar-refractivity contribution in [1.82, 2.24) is 0 Å². The van der Waals surface area contributed by atoms with Gasteiger partial charge in [-0.25, -0.2) is 4.99 Å². The molecule has 2 heterocycles. The average molecular weight is 421 g/mol. The van der Waals surface area contributed by atoms with Crippen LogP contribution in [0.3, 0.4) is 0 Å². The molecule has 8 heteroatoms. The van der Waals surface area contributed by atoms with Crippen LogP contribution in [-0.4, -0.2) is 11.6 Å². The minimum Gasteiger partial charge on any atom is -0.301 e. The van der Waals surface area contributed by atoms with Gasteiger partial charge in [-0.2, -0.15) is 13.2 Å². The fraction of sp³-hybridized carbons (Fsp3) is 0.100. The van der Waals surface area contributed by atoms with Crippen molar-refractivity contribution in [2.45, 2.75) is 12.7 Å². The van der Waals surface area contributed by atoms with E-state index in [0.717, 1.165) is 17.0 Å². The molecule has 142 valence electrons. The zero-order chi connectivity index (χ0) is 19.9. The molecule has 1 aliphatic rings. The van der Waals surface area contributed by atoms with Crippen LogP contribution in [-0.2, 0) is 17.5 Å². The van der Waals surface area contributed by atoms with Crippen LogP contribution in [0.1, 0.15) is 16.0 Å². The largest absolute Gasteiger partial charge is 0.416 e. The van der Waals surface area contributed by atoms with Gasteiger partial charge in [-0.3, -0.25) is 4.79 Å². The smallest absolute Gasteiger partial charge is 0.301 e. The molecule has 0 atom stereocenters. The third-order valence-electron chi connectivity index (χ3n) is 4.25. The lowest BCUT2D eigenvalue weighted by Gasteiger charge is -2.15. The summed E-state index contributed by atoms with van der Waals surface area (Å²) >= 11 is 7.34. The average Bonchev–Trinajstić information content (AvgIpc) is 3.18. The van der Waals surface area contributed by atoms with Gasteiger partial charge < -0.3 is 4.90 Å². The number of carbonyl (C=O) groups excluding carboxylic acids is 1. The van der Waals surface area contributed by atoms with Crippen LogP contribution >= 0.6 is 22.9 Å². The first-order valence-electron chi connectivity index (χ1n) is 8.24. The summed E-state index contributed by atoms with van der Waals surface area (Å²) in [5.41, 5.74) is 0.653. The number of anilines is 1. The van der Waals surface area contributed by atoms with Crippen LogP contribution in [0.2, 0.25) is 4.34 Å². The van der Waals surface area contributed by atoms with E-state index in [0.29, 0.717) is 22.1 Å². The van der Waals surface area contributed by atoms with Gasteiger partial charge >= 0.3 is 6.18 Å². The van der Waals surface area contributed by atoms with E-state index < -0.39 is 11.7 Å². The number of hydrogen-bond acceptors (Lipinski definition) is 3. The summed E-state index contributed by atoms with van der Waals surface area (Å²) in [6.07, 6.45) is -4.47. The number of hydrogen-bond donors (Lipinski definition) is 0. The third-order valence-corrected chi connectivity index (χ3v) is 5.47. The maximum absolute atomic E-state index is 13.0. The van der Waals surface area contributed by atoms with Gasteiger partial charge in [0.15, 0.2) is 0 Å². The molecular weight excluding hydrogens is 409 g/mol.